The van der Waals surface area contributed by atoms with Gasteiger partial charge in [0, 0.05) is 23.7 Å². The van der Waals surface area contributed by atoms with Crippen LogP contribution in [-0.2, 0) is 10.0 Å². The zero-order chi connectivity index (χ0) is 29.4. The molecule has 1 aliphatic heterocycles. The summed E-state index contributed by atoms with van der Waals surface area (Å²) in [6, 6.07) is 10.7. The second kappa shape index (κ2) is 11.0. The van der Waals surface area contributed by atoms with Crippen LogP contribution in [0.1, 0.15) is 51.4 Å². The molecule has 0 saturated carbocycles. The summed E-state index contributed by atoms with van der Waals surface area (Å²) >= 11 is 0. The largest absolute Gasteiger partial charge is 0.493 e. The second-order valence-corrected chi connectivity index (χ2v) is 12.9. The molecule has 0 radical (unpaired) electrons. The van der Waals surface area contributed by atoms with Crippen LogP contribution in [-0.4, -0.2) is 38.0 Å². The number of nitrogens with two attached hydrogens (primary N) is 1. The number of nitrogens with zero attached hydrogens (tertiary/aromatic N) is 2. The number of sulfonamides is 1. The number of rotatable bonds is 8. The van der Waals surface area contributed by atoms with Crippen molar-refractivity contribution in [3.8, 4) is 16.9 Å². The van der Waals surface area contributed by atoms with Crippen molar-refractivity contribution in [3.05, 3.63) is 65.7 Å². The highest BCUT2D eigenvalue weighted by molar-refractivity contribution is 7.90. The van der Waals surface area contributed by atoms with Gasteiger partial charge in [0.15, 0.2) is 10.8 Å². The highest BCUT2D eigenvalue weighted by Gasteiger charge is 2.40. The van der Waals surface area contributed by atoms with Crippen molar-refractivity contribution in [1.29, 1.82) is 0 Å². The third-order valence-electron chi connectivity index (χ3n) is 6.72. The molecule has 1 saturated heterocycles. The van der Waals surface area contributed by atoms with Crippen LogP contribution in [0.5, 0.6) is 5.75 Å². The topological polar surface area (TPSA) is 115 Å². The highest BCUT2D eigenvalue weighted by atomic mass is 32.2. The molecule has 2 heterocycles. The first-order valence-corrected chi connectivity index (χ1v) is 14.5. The number of carbonyl (C=O) groups is 1. The number of hydrogen-bond donors (Lipinski definition) is 2. The number of halogens is 2. The van der Waals surface area contributed by atoms with E-state index in [1.807, 2.05) is 39.3 Å². The number of nitrogen functional groups attached to an aromatic ring is 1. The van der Waals surface area contributed by atoms with Crippen LogP contribution < -0.4 is 20.1 Å². The molecule has 11 heteroatoms. The molecule has 3 N–H and O–H groups in total. The lowest BCUT2D eigenvalue weighted by molar-refractivity contribution is 0.0981. The number of anilines is 2. The zero-order valence-electron chi connectivity index (χ0n) is 23.2. The maximum Gasteiger partial charge on any atom is 0.281 e. The molecule has 0 bridgehead atoms. The summed E-state index contributed by atoms with van der Waals surface area (Å²) in [6.07, 6.45) is 0.719. The molecular weight excluding hydrogens is 538 g/mol. The molecule has 1 fully saturated rings. The van der Waals surface area contributed by atoms with Gasteiger partial charge in [0.1, 0.15) is 17.4 Å². The Labute approximate surface area is 233 Å². The van der Waals surface area contributed by atoms with E-state index < -0.39 is 38.1 Å². The van der Waals surface area contributed by atoms with Gasteiger partial charge in [-0.1, -0.05) is 32.9 Å². The predicted octanol–water partition coefficient (Wildman–Crippen LogP) is 5.39. The molecule has 40 heavy (non-hydrogen) atoms. The summed E-state index contributed by atoms with van der Waals surface area (Å²) in [4.78, 5) is 19.0. The smallest absolute Gasteiger partial charge is 0.281 e. The lowest BCUT2D eigenvalue weighted by Crippen LogP contribution is -2.41. The zero-order valence-corrected chi connectivity index (χ0v) is 24.0. The number of hydrogen-bond acceptors (Lipinski definition) is 7. The summed E-state index contributed by atoms with van der Waals surface area (Å²) in [7, 11) is -4.41. The summed E-state index contributed by atoms with van der Waals surface area (Å²) in [5, 5.41) is -0.441. The van der Waals surface area contributed by atoms with E-state index in [-0.39, 0.29) is 45.8 Å². The molecule has 4 rings (SSSR count). The summed E-state index contributed by atoms with van der Waals surface area (Å²) in [6.45, 7) is 10.6. The van der Waals surface area contributed by atoms with Crippen LogP contribution in [0.15, 0.2) is 53.6 Å². The Bertz CT molecular complexity index is 1540. The van der Waals surface area contributed by atoms with Gasteiger partial charge in [-0.05, 0) is 68.0 Å². The van der Waals surface area contributed by atoms with Gasteiger partial charge in [-0.25, -0.2) is 18.5 Å². The number of amides is 1. The number of nitrogens with one attached hydrogen (secondary N) is 1. The van der Waals surface area contributed by atoms with Crippen molar-refractivity contribution in [2.75, 3.05) is 23.8 Å². The number of benzene rings is 2. The van der Waals surface area contributed by atoms with Crippen molar-refractivity contribution in [1.82, 2.24) is 9.71 Å². The maximum absolute atomic E-state index is 16.5. The van der Waals surface area contributed by atoms with Gasteiger partial charge < -0.3 is 15.4 Å². The van der Waals surface area contributed by atoms with Gasteiger partial charge in [0.05, 0.1) is 17.9 Å². The maximum atomic E-state index is 16.5. The quantitative estimate of drug-likeness (QED) is 0.372. The van der Waals surface area contributed by atoms with Crippen LogP contribution in [0, 0.1) is 23.5 Å². The first kappa shape index (κ1) is 29.3. The highest BCUT2D eigenvalue weighted by Crippen LogP contribution is 2.42. The van der Waals surface area contributed by atoms with E-state index in [1.165, 1.54) is 42.5 Å². The molecule has 2 aromatic carbocycles. The molecule has 1 amide bonds. The normalized spacial score (nSPS) is 16.8. The van der Waals surface area contributed by atoms with E-state index in [9.17, 15) is 17.6 Å². The van der Waals surface area contributed by atoms with Gasteiger partial charge in [0.2, 0.25) is 0 Å². The van der Waals surface area contributed by atoms with Crippen molar-refractivity contribution in [2.45, 2.75) is 51.6 Å². The molecule has 1 atom stereocenters. The Hall–Kier alpha value is -3.73. The SMILES string of the molecule is CC(C)COc1cc(F)cc(-c2ccc(C(=O)NS(=O)(=O)c3cccc(N)n3)c(N3C[C@@H](C)CC3(C)C)c2F)c1. The van der Waals surface area contributed by atoms with Crippen molar-refractivity contribution < 1.29 is 26.7 Å². The molecular formula is C29H34F2N4O4S. The van der Waals surface area contributed by atoms with E-state index in [0.717, 1.165) is 6.42 Å². The first-order valence-electron chi connectivity index (χ1n) is 13.0. The fourth-order valence-corrected chi connectivity index (χ4v) is 6.03. The summed E-state index contributed by atoms with van der Waals surface area (Å²) < 4.78 is 64.6. The average Bonchev–Trinajstić information content (AvgIpc) is 3.13. The Kier molecular flexibility index (Phi) is 8.07. The van der Waals surface area contributed by atoms with Crippen molar-refractivity contribution in [3.63, 3.8) is 0 Å². The number of carbonyl (C=O) groups excluding carboxylic acids is 1. The average molecular weight is 573 g/mol. The van der Waals surface area contributed by atoms with Gasteiger partial charge in [-0.3, -0.25) is 4.79 Å². The summed E-state index contributed by atoms with van der Waals surface area (Å²) in [5.74, 6) is -1.80. The minimum Gasteiger partial charge on any atom is -0.493 e. The number of ether oxygens (including phenoxy) is 1. The monoisotopic (exact) mass is 572 g/mol. The molecule has 0 aliphatic carbocycles. The Morgan fingerprint density at radius 3 is 2.55 bits per heavy atom. The second-order valence-electron chi connectivity index (χ2n) is 11.3. The standard InChI is InChI=1S/C29H34F2N4O4S/c1-17(2)16-39-21-12-19(11-20(30)13-21)22-9-10-23(27(26(22)31)35-15-18(3)14-29(35,4)5)28(36)34-40(37,38)25-8-6-7-24(32)33-25/h6-13,17-18H,14-16H2,1-5H3,(H2,32,33)(H,34,36)/t18-/m0/s1. The fourth-order valence-electron chi connectivity index (χ4n) is 5.09. The van der Waals surface area contributed by atoms with Crippen LogP contribution in [0.25, 0.3) is 11.1 Å². The predicted molar refractivity (Wildman–Crippen MR) is 151 cm³/mol. The van der Waals surface area contributed by atoms with Gasteiger partial charge in [-0.15, -0.1) is 0 Å². The Morgan fingerprint density at radius 2 is 1.93 bits per heavy atom. The van der Waals surface area contributed by atoms with E-state index >= 15 is 4.39 Å². The first-order chi connectivity index (χ1) is 18.7. The lowest BCUT2D eigenvalue weighted by Gasteiger charge is -2.35. The number of aromatic nitrogens is 1. The molecule has 1 aromatic heterocycles. The molecule has 8 nitrogen and oxygen atoms in total. The van der Waals surface area contributed by atoms with Gasteiger partial charge >= 0.3 is 0 Å². The van der Waals surface area contributed by atoms with E-state index in [0.29, 0.717) is 13.2 Å². The van der Waals surface area contributed by atoms with Crippen LogP contribution in [0.4, 0.5) is 20.3 Å². The van der Waals surface area contributed by atoms with Crippen molar-refractivity contribution >= 4 is 27.4 Å². The fraction of sp³-hybridized carbons (Fsp3) is 0.379. The van der Waals surface area contributed by atoms with Crippen LogP contribution in [0.2, 0.25) is 0 Å². The lowest BCUT2D eigenvalue weighted by atomic mass is 9.95. The Balaban J connectivity index is 1.82. The van der Waals surface area contributed by atoms with Crippen LogP contribution in [0.3, 0.4) is 0 Å². The minimum atomic E-state index is -4.41. The van der Waals surface area contributed by atoms with Gasteiger partial charge in [0.25, 0.3) is 15.9 Å². The van der Waals surface area contributed by atoms with Crippen molar-refractivity contribution in [2.24, 2.45) is 11.8 Å². The van der Waals surface area contributed by atoms with Crippen LogP contribution >= 0.6 is 0 Å². The van der Waals surface area contributed by atoms with E-state index in [1.54, 1.807) is 11.0 Å². The molecule has 1 aliphatic rings. The minimum absolute atomic E-state index is 0.0361. The molecule has 214 valence electrons. The third kappa shape index (κ3) is 6.19. The van der Waals surface area contributed by atoms with E-state index in [2.05, 4.69) is 4.98 Å². The Morgan fingerprint density at radius 1 is 1.20 bits per heavy atom. The van der Waals surface area contributed by atoms with E-state index in [4.69, 9.17) is 10.5 Å². The number of pyridine rings is 1. The molecule has 3 aromatic rings. The molecule has 0 unspecified atom stereocenters. The summed E-state index contributed by atoms with van der Waals surface area (Å²) in [5.41, 5.74) is 5.11. The third-order valence-corrected chi connectivity index (χ3v) is 7.95. The van der Waals surface area contributed by atoms with Gasteiger partial charge in [-0.2, -0.15) is 8.42 Å². The molecule has 0 spiro atoms.